The normalized spacial score (nSPS) is 14.6. The molecule has 0 atom stereocenters. The van der Waals surface area contributed by atoms with Crippen LogP contribution in [0.15, 0.2) is 103 Å². The number of thiocarbonyl (C=S) groups is 1. The van der Waals surface area contributed by atoms with Crippen molar-refractivity contribution in [3.05, 3.63) is 119 Å². The number of hydrogen-bond donors (Lipinski definition) is 1. The van der Waals surface area contributed by atoms with Crippen LogP contribution in [0.4, 0.5) is 10.1 Å². The number of carbonyl (C=O) groups is 2. The second-order valence-corrected chi connectivity index (χ2v) is 8.76. The molecule has 37 heavy (non-hydrogen) atoms. The van der Waals surface area contributed by atoms with E-state index in [4.69, 9.17) is 29.2 Å². The van der Waals surface area contributed by atoms with Crippen molar-refractivity contribution in [3.63, 3.8) is 0 Å². The number of hydrogen-bond acceptors (Lipinski definition) is 5. The summed E-state index contributed by atoms with van der Waals surface area (Å²) in [5, 5.41) is 2.54. The van der Waals surface area contributed by atoms with Crippen LogP contribution in [0, 0.1) is 10.5 Å². The Hall–Kier alpha value is -4.47. The zero-order valence-electron chi connectivity index (χ0n) is 19.1. The quantitative estimate of drug-likeness (QED) is 0.197. The van der Waals surface area contributed by atoms with Gasteiger partial charge in [-0.3, -0.25) is 19.8 Å². The average Bonchev–Trinajstić information content (AvgIpc) is 2.89. The molecule has 1 aliphatic heterocycles. The Morgan fingerprint density at radius 1 is 0.784 bits per heavy atom. The summed E-state index contributed by atoms with van der Waals surface area (Å²) in [5.74, 6) is -0.319. The lowest BCUT2D eigenvalue weighted by Gasteiger charge is -2.29. The predicted octanol–water partition coefficient (Wildman–Crippen LogP) is 5.97. The Morgan fingerprint density at radius 2 is 1.43 bits per heavy atom. The number of aromatic nitrogens is 1. The molecule has 1 fully saturated rings. The molecule has 0 radical (unpaired) electrons. The van der Waals surface area contributed by atoms with E-state index in [9.17, 15) is 14.0 Å². The third-order valence-corrected chi connectivity index (χ3v) is 6.27. The SMILES string of the molecule is O=C1NC(=S)N(c2ccc(Oc3ccccc3)cc2)C(=O)/C1=C/c1cccn(-c2ccc(F)cc2)c1=S. The number of nitrogens with one attached hydrogen (secondary N) is 1. The van der Waals surface area contributed by atoms with Gasteiger partial charge in [0.25, 0.3) is 11.8 Å². The van der Waals surface area contributed by atoms with Crippen molar-refractivity contribution in [2.75, 3.05) is 4.90 Å². The summed E-state index contributed by atoms with van der Waals surface area (Å²) in [6.07, 6.45) is 3.16. The maximum Gasteiger partial charge on any atom is 0.270 e. The molecule has 6 nitrogen and oxygen atoms in total. The summed E-state index contributed by atoms with van der Waals surface area (Å²) in [7, 11) is 0. The number of ether oxygens (including phenoxy) is 1. The lowest BCUT2D eigenvalue weighted by molar-refractivity contribution is -0.122. The minimum Gasteiger partial charge on any atom is -0.457 e. The first kappa shape index (κ1) is 24.2. The zero-order valence-corrected chi connectivity index (χ0v) is 20.8. The van der Waals surface area contributed by atoms with Crippen molar-refractivity contribution in [3.8, 4) is 17.2 Å². The van der Waals surface area contributed by atoms with Crippen LogP contribution < -0.4 is 15.0 Å². The van der Waals surface area contributed by atoms with Crippen LogP contribution in [0.25, 0.3) is 11.8 Å². The van der Waals surface area contributed by atoms with Gasteiger partial charge in [0.05, 0.1) is 5.69 Å². The Balaban J connectivity index is 1.45. The van der Waals surface area contributed by atoms with Crippen LogP contribution in [0.3, 0.4) is 0 Å². The second-order valence-electron chi connectivity index (χ2n) is 7.98. The minimum absolute atomic E-state index is 0.0306. The summed E-state index contributed by atoms with van der Waals surface area (Å²) < 4.78 is 21.2. The van der Waals surface area contributed by atoms with Crippen LogP contribution in [-0.4, -0.2) is 21.5 Å². The van der Waals surface area contributed by atoms with Crippen LogP contribution in [0.5, 0.6) is 11.5 Å². The molecule has 0 unspecified atom stereocenters. The van der Waals surface area contributed by atoms with Gasteiger partial charge in [-0.25, -0.2) is 4.39 Å². The first-order valence-electron chi connectivity index (χ1n) is 11.1. The van der Waals surface area contributed by atoms with Gasteiger partial charge >= 0.3 is 0 Å². The topological polar surface area (TPSA) is 63.6 Å². The van der Waals surface area contributed by atoms with E-state index in [1.807, 2.05) is 30.3 Å². The van der Waals surface area contributed by atoms with Crippen molar-refractivity contribution in [2.45, 2.75) is 0 Å². The highest BCUT2D eigenvalue weighted by Crippen LogP contribution is 2.27. The van der Waals surface area contributed by atoms with Gasteiger partial charge < -0.3 is 9.30 Å². The van der Waals surface area contributed by atoms with Gasteiger partial charge in [0.2, 0.25) is 0 Å². The highest BCUT2D eigenvalue weighted by atomic mass is 32.1. The molecule has 0 bridgehead atoms. The number of carbonyl (C=O) groups excluding carboxylic acids is 2. The van der Waals surface area contributed by atoms with E-state index in [1.54, 1.807) is 59.3 Å². The van der Waals surface area contributed by atoms with E-state index in [0.29, 0.717) is 33.1 Å². The van der Waals surface area contributed by atoms with Gasteiger partial charge in [-0.2, -0.15) is 0 Å². The van der Waals surface area contributed by atoms with E-state index in [-0.39, 0.29) is 16.5 Å². The fraction of sp³-hybridized carbons (Fsp3) is 0. The van der Waals surface area contributed by atoms with E-state index in [1.165, 1.54) is 23.1 Å². The average molecular weight is 528 g/mol. The molecule has 2 heterocycles. The highest BCUT2D eigenvalue weighted by Gasteiger charge is 2.34. The molecule has 0 spiro atoms. The fourth-order valence-corrected chi connectivity index (χ4v) is 4.34. The van der Waals surface area contributed by atoms with Crippen LogP contribution >= 0.6 is 24.4 Å². The first-order valence-corrected chi connectivity index (χ1v) is 11.9. The minimum atomic E-state index is -0.623. The second kappa shape index (κ2) is 10.3. The molecular formula is C28H18FN3O3S2. The Morgan fingerprint density at radius 3 is 2.14 bits per heavy atom. The molecule has 1 saturated heterocycles. The molecule has 5 rings (SSSR count). The van der Waals surface area contributed by atoms with E-state index in [0.717, 1.165) is 0 Å². The monoisotopic (exact) mass is 527 g/mol. The van der Waals surface area contributed by atoms with Crippen LogP contribution in [0.2, 0.25) is 0 Å². The van der Waals surface area contributed by atoms with Gasteiger partial charge in [-0.1, -0.05) is 36.5 Å². The number of halogens is 1. The molecule has 1 aromatic heterocycles. The molecule has 0 aliphatic carbocycles. The Kier molecular flexibility index (Phi) is 6.72. The summed E-state index contributed by atoms with van der Waals surface area (Å²) in [4.78, 5) is 27.4. The van der Waals surface area contributed by atoms with Gasteiger partial charge in [0.1, 0.15) is 27.5 Å². The molecule has 182 valence electrons. The number of amides is 2. The number of para-hydroxylation sites is 1. The first-order chi connectivity index (χ1) is 17.9. The van der Waals surface area contributed by atoms with Crippen molar-refractivity contribution in [2.24, 2.45) is 0 Å². The number of rotatable bonds is 5. The van der Waals surface area contributed by atoms with Gasteiger partial charge in [-0.05, 0) is 85.0 Å². The molecule has 1 N–H and O–H groups in total. The third kappa shape index (κ3) is 5.09. The van der Waals surface area contributed by atoms with Crippen molar-refractivity contribution in [1.29, 1.82) is 0 Å². The standard InChI is InChI=1S/C28H18FN3O3S2/c29-19-8-10-20(11-9-19)31-16-4-5-18(27(31)36)17-24-25(33)30-28(37)32(26(24)34)21-12-14-23(15-13-21)35-22-6-2-1-3-7-22/h1-17H,(H,30,33,37)/b24-17+. The fourth-order valence-electron chi connectivity index (χ4n) is 3.76. The van der Waals surface area contributed by atoms with Crippen LogP contribution in [0.1, 0.15) is 5.56 Å². The Bertz CT molecular complexity index is 1600. The number of anilines is 1. The molecule has 4 aromatic rings. The van der Waals surface area contributed by atoms with Gasteiger partial charge in [0.15, 0.2) is 5.11 Å². The largest absolute Gasteiger partial charge is 0.457 e. The lowest BCUT2D eigenvalue weighted by Crippen LogP contribution is -2.54. The zero-order chi connectivity index (χ0) is 25.9. The molecule has 2 amide bonds. The smallest absolute Gasteiger partial charge is 0.270 e. The van der Waals surface area contributed by atoms with Crippen molar-refractivity contribution in [1.82, 2.24) is 9.88 Å². The third-order valence-electron chi connectivity index (χ3n) is 5.56. The summed E-state index contributed by atoms with van der Waals surface area (Å²) in [6.45, 7) is 0. The molecule has 1 aliphatic rings. The van der Waals surface area contributed by atoms with Crippen molar-refractivity contribution >= 4 is 53.1 Å². The van der Waals surface area contributed by atoms with E-state index >= 15 is 0 Å². The maximum absolute atomic E-state index is 13.4. The molecule has 9 heteroatoms. The van der Waals surface area contributed by atoms with Gasteiger partial charge in [0, 0.05) is 17.4 Å². The molecule has 0 saturated carbocycles. The van der Waals surface area contributed by atoms with E-state index < -0.39 is 11.8 Å². The van der Waals surface area contributed by atoms with Crippen molar-refractivity contribution < 1.29 is 18.7 Å². The molecular weight excluding hydrogens is 509 g/mol. The van der Waals surface area contributed by atoms with Gasteiger partial charge in [-0.15, -0.1) is 0 Å². The maximum atomic E-state index is 13.4. The lowest BCUT2D eigenvalue weighted by atomic mass is 10.1. The summed E-state index contributed by atoms with van der Waals surface area (Å²) in [5.41, 5.74) is 1.46. The summed E-state index contributed by atoms with van der Waals surface area (Å²) >= 11 is 10.9. The number of benzene rings is 3. The van der Waals surface area contributed by atoms with Crippen LogP contribution in [-0.2, 0) is 9.59 Å². The summed E-state index contributed by atoms with van der Waals surface area (Å²) in [6, 6.07) is 25.3. The van der Waals surface area contributed by atoms with E-state index in [2.05, 4.69) is 5.32 Å². The Labute approximate surface area is 222 Å². The predicted molar refractivity (Wildman–Crippen MR) is 146 cm³/mol. The highest BCUT2D eigenvalue weighted by molar-refractivity contribution is 7.80. The molecule has 3 aromatic carbocycles. The number of nitrogens with zero attached hydrogens (tertiary/aromatic N) is 2. The number of pyridine rings is 1.